The lowest BCUT2D eigenvalue weighted by Crippen LogP contribution is -2.08. The van der Waals surface area contributed by atoms with E-state index in [2.05, 4.69) is 20.3 Å². The summed E-state index contributed by atoms with van der Waals surface area (Å²) in [6.07, 6.45) is 3.22. The minimum absolute atomic E-state index is 0.521. The van der Waals surface area contributed by atoms with Crippen LogP contribution in [0.5, 0.6) is 0 Å². The second-order valence-electron chi connectivity index (χ2n) is 4.09. The van der Waals surface area contributed by atoms with Crippen molar-refractivity contribution in [2.75, 3.05) is 17.6 Å². The number of aromatic nitrogens is 4. The molecule has 0 radical (unpaired) electrons. The van der Waals surface area contributed by atoms with Crippen LogP contribution in [-0.4, -0.2) is 26.1 Å². The van der Waals surface area contributed by atoms with E-state index in [0.717, 1.165) is 17.6 Å². The van der Waals surface area contributed by atoms with Gasteiger partial charge in [0.1, 0.15) is 18.3 Å². The van der Waals surface area contributed by atoms with Gasteiger partial charge in [0.15, 0.2) is 11.6 Å². The highest BCUT2D eigenvalue weighted by Gasteiger charge is 2.11. The van der Waals surface area contributed by atoms with E-state index in [1.54, 1.807) is 6.33 Å². The summed E-state index contributed by atoms with van der Waals surface area (Å²) in [5, 5.41) is 3.12. The van der Waals surface area contributed by atoms with Gasteiger partial charge in [0, 0.05) is 6.54 Å². The van der Waals surface area contributed by atoms with Gasteiger partial charge in [-0.15, -0.1) is 0 Å². The number of imidazole rings is 1. The van der Waals surface area contributed by atoms with Crippen LogP contribution in [0.1, 0.15) is 6.92 Å². The third-order valence-electron chi connectivity index (χ3n) is 2.89. The maximum atomic E-state index is 6.12. The van der Waals surface area contributed by atoms with Gasteiger partial charge in [-0.3, -0.25) is 4.57 Å². The van der Waals surface area contributed by atoms with Gasteiger partial charge in [0.25, 0.3) is 0 Å². The van der Waals surface area contributed by atoms with Crippen LogP contribution in [0.2, 0.25) is 0 Å². The van der Waals surface area contributed by atoms with Crippen molar-refractivity contribution >= 4 is 22.5 Å². The van der Waals surface area contributed by atoms with E-state index in [1.807, 2.05) is 35.8 Å². The molecule has 0 amide bonds. The number of para-hydroxylation sites is 2. The Bertz CT molecular complexity index is 718. The molecule has 0 unspecified atom stereocenters. The first kappa shape index (κ1) is 11.5. The topological polar surface area (TPSA) is 81.7 Å². The number of nitrogens with one attached hydrogen (secondary N) is 1. The minimum Gasteiger partial charge on any atom is -0.393 e. The van der Waals surface area contributed by atoms with Gasteiger partial charge in [-0.2, -0.15) is 0 Å². The molecule has 1 aromatic carbocycles. The molecule has 3 rings (SSSR count). The summed E-state index contributed by atoms with van der Waals surface area (Å²) in [5.41, 5.74) is 8.51. The van der Waals surface area contributed by atoms with Crippen LogP contribution in [0.15, 0.2) is 36.9 Å². The Morgan fingerprint density at radius 2 is 2.05 bits per heavy atom. The predicted octanol–water partition coefficient (Wildman–Crippen LogP) is 1.83. The minimum atomic E-state index is 0.521. The second-order valence-corrected chi connectivity index (χ2v) is 4.09. The first-order chi connectivity index (χ1) is 9.31. The van der Waals surface area contributed by atoms with Gasteiger partial charge in [-0.05, 0) is 19.1 Å². The number of benzene rings is 1. The van der Waals surface area contributed by atoms with Crippen molar-refractivity contribution in [3.05, 3.63) is 36.9 Å². The molecule has 0 saturated carbocycles. The zero-order chi connectivity index (χ0) is 13.2. The van der Waals surface area contributed by atoms with Crippen LogP contribution in [-0.2, 0) is 0 Å². The number of nitrogen functional groups attached to an aromatic ring is 1. The maximum absolute atomic E-state index is 6.12. The average Bonchev–Trinajstić information content (AvgIpc) is 2.85. The van der Waals surface area contributed by atoms with E-state index >= 15 is 0 Å². The quantitative estimate of drug-likeness (QED) is 0.745. The maximum Gasteiger partial charge on any atom is 0.167 e. The van der Waals surface area contributed by atoms with Gasteiger partial charge in [-0.1, -0.05) is 12.1 Å². The highest BCUT2D eigenvalue weighted by atomic mass is 15.2. The second kappa shape index (κ2) is 4.56. The van der Waals surface area contributed by atoms with E-state index in [4.69, 9.17) is 5.73 Å². The number of hydrogen-bond donors (Lipinski definition) is 2. The summed E-state index contributed by atoms with van der Waals surface area (Å²) >= 11 is 0. The molecule has 0 aliphatic heterocycles. The molecule has 0 atom stereocenters. The summed E-state index contributed by atoms with van der Waals surface area (Å²) < 4.78 is 1.87. The Morgan fingerprint density at radius 1 is 1.21 bits per heavy atom. The molecular weight excluding hydrogens is 240 g/mol. The largest absolute Gasteiger partial charge is 0.393 e. The zero-order valence-electron chi connectivity index (χ0n) is 10.5. The summed E-state index contributed by atoms with van der Waals surface area (Å²) in [6, 6.07) is 7.85. The van der Waals surface area contributed by atoms with E-state index < -0.39 is 0 Å². The number of nitrogens with zero attached hydrogens (tertiary/aromatic N) is 4. The molecule has 0 fully saturated rings. The zero-order valence-corrected chi connectivity index (χ0v) is 10.5. The number of hydrogen-bond acceptors (Lipinski definition) is 5. The highest BCUT2D eigenvalue weighted by molar-refractivity contribution is 5.80. The van der Waals surface area contributed by atoms with Crippen molar-refractivity contribution in [2.24, 2.45) is 0 Å². The van der Waals surface area contributed by atoms with Crippen molar-refractivity contribution in [1.82, 2.24) is 19.5 Å². The third-order valence-corrected chi connectivity index (χ3v) is 2.89. The van der Waals surface area contributed by atoms with Crippen molar-refractivity contribution in [3.63, 3.8) is 0 Å². The third kappa shape index (κ3) is 1.87. The van der Waals surface area contributed by atoms with Crippen molar-refractivity contribution < 1.29 is 0 Å². The first-order valence-corrected chi connectivity index (χ1v) is 6.08. The van der Waals surface area contributed by atoms with Gasteiger partial charge in [0.05, 0.1) is 11.0 Å². The molecule has 0 spiro atoms. The Labute approximate surface area is 110 Å². The smallest absolute Gasteiger partial charge is 0.167 e. The molecule has 96 valence electrons. The monoisotopic (exact) mass is 254 g/mol. The molecule has 0 aliphatic rings. The van der Waals surface area contributed by atoms with Gasteiger partial charge in [0.2, 0.25) is 0 Å². The summed E-state index contributed by atoms with van der Waals surface area (Å²) in [4.78, 5) is 12.7. The highest BCUT2D eigenvalue weighted by Crippen LogP contribution is 2.24. The molecule has 2 heterocycles. The Morgan fingerprint density at radius 3 is 2.89 bits per heavy atom. The molecule has 3 aromatic rings. The lowest BCUT2D eigenvalue weighted by molar-refractivity contribution is 0.995. The van der Waals surface area contributed by atoms with E-state index in [1.165, 1.54) is 6.33 Å². The normalized spacial score (nSPS) is 10.8. The lowest BCUT2D eigenvalue weighted by atomic mass is 10.3. The van der Waals surface area contributed by atoms with Crippen LogP contribution in [0.4, 0.5) is 11.5 Å². The molecule has 19 heavy (non-hydrogen) atoms. The number of fused-ring (bicyclic) bond motifs is 1. The van der Waals surface area contributed by atoms with E-state index in [0.29, 0.717) is 17.3 Å². The Hall–Kier alpha value is -2.63. The van der Waals surface area contributed by atoms with Crippen LogP contribution in [0.3, 0.4) is 0 Å². The molecule has 0 aliphatic carbocycles. The molecule has 3 N–H and O–H groups in total. The van der Waals surface area contributed by atoms with Crippen LogP contribution < -0.4 is 11.1 Å². The Kier molecular flexibility index (Phi) is 2.75. The van der Waals surface area contributed by atoms with E-state index in [9.17, 15) is 0 Å². The molecule has 2 aromatic heterocycles. The molecule has 0 bridgehead atoms. The average molecular weight is 254 g/mol. The molecule has 6 nitrogen and oxygen atoms in total. The van der Waals surface area contributed by atoms with Crippen molar-refractivity contribution in [1.29, 1.82) is 0 Å². The van der Waals surface area contributed by atoms with Gasteiger partial charge in [-0.25, -0.2) is 15.0 Å². The SMILES string of the molecule is CCNc1ncnc(-n2cnc3ccccc32)c1N. The van der Waals surface area contributed by atoms with Crippen molar-refractivity contribution in [2.45, 2.75) is 6.92 Å². The van der Waals surface area contributed by atoms with Crippen LogP contribution in [0, 0.1) is 0 Å². The summed E-state index contributed by atoms with van der Waals surface area (Å²) in [6.45, 7) is 2.75. The first-order valence-electron chi connectivity index (χ1n) is 6.08. The molecule has 0 saturated heterocycles. The van der Waals surface area contributed by atoms with Gasteiger partial charge < -0.3 is 11.1 Å². The van der Waals surface area contributed by atoms with Crippen LogP contribution in [0.25, 0.3) is 16.9 Å². The fourth-order valence-corrected chi connectivity index (χ4v) is 2.01. The predicted molar refractivity (Wildman–Crippen MR) is 75.2 cm³/mol. The summed E-state index contributed by atoms with van der Waals surface area (Å²) in [5.74, 6) is 1.28. The van der Waals surface area contributed by atoms with Crippen LogP contribution >= 0.6 is 0 Å². The lowest BCUT2D eigenvalue weighted by Gasteiger charge is -2.10. The molecular formula is C13H14N6. The van der Waals surface area contributed by atoms with Gasteiger partial charge >= 0.3 is 0 Å². The Balaban J connectivity index is 2.19. The van der Waals surface area contributed by atoms with Crippen molar-refractivity contribution in [3.8, 4) is 5.82 Å². The number of rotatable bonds is 3. The fraction of sp³-hybridized carbons (Fsp3) is 0.154. The standard InChI is InChI=1S/C13H14N6/c1-2-15-12-11(14)13(17-7-16-12)19-8-18-9-5-3-4-6-10(9)19/h3-8H,2,14H2,1H3,(H,15,16,17). The fourth-order valence-electron chi connectivity index (χ4n) is 2.01. The number of nitrogens with two attached hydrogens (primary N) is 1. The molecule has 6 heteroatoms. The van der Waals surface area contributed by atoms with E-state index in [-0.39, 0.29) is 0 Å². The number of anilines is 2. The summed E-state index contributed by atoms with van der Waals surface area (Å²) in [7, 11) is 0.